The number of nitrogens with one attached hydrogen (secondary N) is 1. The molecule has 0 amide bonds. The van der Waals surface area contributed by atoms with Crippen LogP contribution < -0.4 is 5.32 Å². The number of rotatable bonds is 6. The number of nitrogens with zero attached hydrogens (tertiary/aromatic N) is 1. The number of thiazole rings is 1. The Balaban J connectivity index is 1.29. The molecule has 1 aliphatic rings. The lowest BCUT2D eigenvalue weighted by Crippen LogP contribution is -2.32. The van der Waals surface area contributed by atoms with Gasteiger partial charge in [-0.05, 0) is 75.1 Å². The van der Waals surface area contributed by atoms with E-state index in [1.165, 1.54) is 29.5 Å². The Morgan fingerprint density at radius 3 is 2.37 bits per heavy atom. The van der Waals surface area contributed by atoms with Crippen LogP contribution in [0.3, 0.4) is 0 Å². The highest BCUT2D eigenvalue weighted by molar-refractivity contribution is 7.22. The fourth-order valence-corrected chi connectivity index (χ4v) is 5.74. The monoisotopic (exact) mass is 534 g/mol. The number of aromatic nitrogens is 1. The maximum absolute atomic E-state index is 14.9. The normalized spacial score (nSPS) is 17.5. The molecule has 0 unspecified atom stereocenters. The van der Waals surface area contributed by atoms with E-state index in [0.29, 0.717) is 39.3 Å². The Bertz CT molecular complexity index is 1510. The zero-order chi connectivity index (χ0) is 27.0. The van der Waals surface area contributed by atoms with Gasteiger partial charge in [0.15, 0.2) is 10.9 Å². The molecule has 5 nitrogen and oxygen atoms in total. The molecule has 8 heteroatoms. The summed E-state index contributed by atoms with van der Waals surface area (Å²) in [4.78, 5) is 30.3. The first-order chi connectivity index (χ1) is 18.1. The first-order valence-electron chi connectivity index (χ1n) is 12.6. The standard InChI is InChI=1S/C30H28F2N2O3S/c1-30(2,3)37-28(36)22-6-4-5-21(22)27(35)18-9-7-17(8-10-18)19-11-13-24(23(32)15-19)33-29-34-25-14-12-20(31)16-26(25)38-29/h7-16,21-22H,4-6H2,1-3H3,(H,33,34)/t21-,22-/m1/s1. The van der Waals surface area contributed by atoms with E-state index >= 15 is 0 Å². The molecular formula is C30H28F2N2O3S. The lowest BCUT2D eigenvalue weighted by Gasteiger charge is -2.24. The lowest BCUT2D eigenvalue weighted by molar-refractivity contribution is -0.160. The molecule has 38 heavy (non-hydrogen) atoms. The number of halogens is 2. The average molecular weight is 535 g/mol. The number of anilines is 2. The molecule has 0 spiro atoms. The summed E-state index contributed by atoms with van der Waals surface area (Å²) in [6.07, 6.45) is 2.12. The number of ketones is 1. The quantitative estimate of drug-likeness (QED) is 0.201. The average Bonchev–Trinajstić information content (AvgIpc) is 3.51. The van der Waals surface area contributed by atoms with Crippen molar-refractivity contribution >= 4 is 44.1 Å². The van der Waals surface area contributed by atoms with Gasteiger partial charge in [0.1, 0.15) is 17.2 Å². The van der Waals surface area contributed by atoms with Crippen LogP contribution in [0.2, 0.25) is 0 Å². The number of hydrogen-bond donors (Lipinski definition) is 1. The van der Waals surface area contributed by atoms with E-state index in [2.05, 4.69) is 10.3 Å². The van der Waals surface area contributed by atoms with Crippen molar-refractivity contribution in [1.82, 2.24) is 4.98 Å². The summed E-state index contributed by atoms with van der Waals surface area (Å²) in [6, 6.07) is 16.2. The summed E-state index contributed by atoms with van der Waals surface area (Å²) < 4.78 is 34.6. The third kappa shape index (κ3) is 5.60. The molecule has 0 aliphatic heterocycles. The van der Waals surface area contributed by atoms with Gasteiger partial charge in [-0.2, -0.15) is 0 Å². The maximum Gasteiger partial charge on any atom is 0.310 e. The third-order valence-electron chi connectivity index (χ3n) is 6.63. The number of carbonyl (C=O) groups excluding carboxylic acids is 2. The zero-order valence-electron chi connectivity index (χ0n) is 21.4. The van der Waals surface area contributed by atoms with Crippen LogP contribution in [-0.2, 0) is 9.53 Å². The lowest BCUT2D eigenvalue weighted by atomic mass is 9.87. The highest BCUT2D eigenvalue weighted by Gasteiger charge is 2.40. The predicted octanol–water partition coefficient (Wildman–Crippen LogP) is 7.93. The molecule has 5 rings (SSSR count). The Morgan fingerprint density at radius 1 is 0.947 bits per heavy atom. The molecule has 1 saturated carbocycles. The second-order valence-electron chi connectivity index (χ2n) is 10.6. The molecule has 1 N–H and O–H groups in total. The molecule has 2 atom stereocenters. The minimum Gasteiger partial charge on any atom is -0.460 e. The number of fused-ring (bicyclic) bond motifs is 1. The SMILES string of the molecule is CC(C)(C)OC(=O)[C@@H]1CCC[C@H]1C(=O)c1ccc(-c2ccc(Nc3nc4ccc(F)cc4s3)c(F)c2)cc1. The second-order valence-corrected chi connectivity index (χ2v) is 11.6. The molecule has 4 aromatic rings. The van der Waals surface area contributed by atoms with Crippen molar-refractivity contribution in [3.05, 3.63) is 77.9 Å². The number of benzene rings is 3. The smallest absolute Gasteiger partial charge is 0.310 e. The minimum absolute atomic E-state index is 0.0636. The van der Waals surface area contributed by atoms with Crippen LogP contribution in [0.25, 0.3) is 21.3 Å². The number of carbonyl (C=O) groups is 2. The molecular weight excluding hydrogens is 506 g/mol. The zero-order valence-corrected chi connectivity index (χ0v) is 22.2. The molecule has 3 aromatic carbocycles. The van der Waals surface area contributed by atoms with Gasteiger partial charge in [-0.25, -0.2) is 13.8 Å². The van der Waals surface area contributed by atoms with Crippen molar-refractivity contribution < 1.29 is 23.1 Å². The van der Waals surface area contributed by atoms with Crippen molar-refractivity contribution in [3.8, 4) is 11.1 Å². The van der Waals surface area contributed by atoms with Gasteiger partial charge in [0.05, 0.1) is 21.8 Å². The van der Waals surface area contributed by atoms with Crippen LogP contribution in [0.5, 0.6) is 0 Å². The summed E-state index contributed by atoms with van der Waals surface area (Å²) in [5.41, 5.74) is 2.25. The summed E-state index contributed by atoms with van der Waals surface area (Å²) in [5.74, 6) is -2.00. The van der Waals surface area contributed by atoms with Crippen LogP contribution in [-0.4, -0.2) is 22.3 Å². The summed E-state index contributed by atoms with van der Waals surface area (Å²) >= 11 is 1.24. The Labute approximate surface area is 223 Å². The van der Waals surface area contributed by atoms with Gasteiger partial charge in [0.2, 0.25) is 0 Å². The molecule has 0 bridgehead atoms. The van der Waals surface area contributed by atoms with E-state index in [1.54, 1.807) is 42.5 Å². The van der Waals surface area contributed by atoms with Crippen molar-refractivity contribution in [2.75, 3.05) is 5.32 Å². The van der Waals surface area contributed by atoms with Gasteiger partial charge in [0, 0.05) is 11.5 Å². The number of esters is 1. The van der Waals surface area contributed by atoms with E-state index in [4.69, 9.17) is 4.74 Å². The van der Waals surface area contributed by atoms with Crippen molar-refractivity contribution in [2.45, 2.75) is 45.6 Å². The van der Waals surface area contributed by atoms with Gasteiger partial charge in [-0.15, -0.1) is 0 Å². The van der Waals surface area contributed by atoms with Crippen molar-refractivity contribution in [2.24, 2.45) is 11.8 Å². The summed E-state index contributed by atoms with van der Waals surface area (Å²) in [7, 11) is 0. The fraction of sp³-hybridized carbons (Fsp3) is 0.300. The number of ether oxygens (including phenoxy) is 1. The van der Waals surface area contributed by atoms with Crippen molar-refractivity contribution in [3.63, 3.8) is 0 Å². The molecule has 1 fully saturated rings. The summed E-state index contributed by atoms with van der Waals surface area (Å²) in [6.45, 7) is 5.47. The van der Waals surface area contributed by atoms with Crippen LogP contribution >= 0.6 is 11.3 Å². The highest BCUT2D eigenvalue weighted by atomic mass is 32.1. The third-order valence-corrected chi connectivity index (χ3v) is 7.56. The Hall–Kier alpha value is -3.65. The van der Waals surface area contributed by atoms with Crippen LogP contribution in [0.4, 0.5) is 19.6 Å². The van der Waals surface area contributed by atoms with Gasteiger partial charge in [-0.1, -0.05) is 48.1 Å². The van der Waals surface area contributed by atoms with Crippen LogP contribution in [0, 0.1) is 23.5 Å². The van der Waals surface area contributed by atoms with E-state index in [9.17, 15) is 18.4 Å². The van der Waals surface area contributed by atoms with E-state index < -0.39 is 23.3 Å². The Morgan fingerprint density at radius 2 is 1.66 bits per heavy atom. The maximum atomic E-state index is 14.9. The first-order valence-corrected chi connectivity index (χ1v) is 13.4. The van der Waals surface area contributed by atoms with E-state index in [0.717, 1.165) is 12.0 Å². The van der Waals surface area contributed by atoms with Crippen LogP contribution in [0.1, 0.15) is 50.4 Å². The summed E-state index contributed by atoms with van der Waals surface area (Å²) in [5, 5.41) is 3.44. The topological polar surface area (TPSA) is 68.3 Å². The van der Waals surface area contributed by atoms with Gasteiger partial charge in [0.25, 0.3) is 0 Å². The molecule has 1 aliphatic carbocycles. The van der Waals surface area contributed by atoms with Crippen LogP contribution in [0.15, 0.2) is 60.7 Å². The first kappa shape index (κ1) is 26.0. The molecule has 0 radical (unpaired) electrons. The fourth-order valence-electron chi connectivity index (χ4n) is 4.84. The van der Waals surface area contributed by atoms with Gasteiger partial charge in [-0.3, -0.25) is 9.59 Å². The molecule has 1 aromatic heterocycles. The van der Waals surface area contributed by atoms with E-state index in [1.807, 2.05) is 20.8 Å². The molecule has 1 heterocycles. The van der Waals surface area contributed by atoms with E-state index in [-0.39, 0.29) is 23.3 Å². The largest absolute Gasteiger partial charge is 0.460 e. The second kappa shape index (κ2) is 10.3. The highest BCUT2D eigenvalue weighted by Crippen LogP contribution is 2.37. The predicted molar refractivity (Wildman–Crippen MR) is 146 cm³/mol. The molecule has 0 saturated heterocycles. The van der Waals surface area contributed by atoms with Gasteiger partial charge < -0.3 is 10.1 Å². The Kier molecular flexibility index (Phi) is 7.01. The van der Waals surface area contributed by atoms with Gasteiger partial charge >= 0.3 is 5.97 Å². The number of hydrogen-bond acceptors (Lipinski definition) is 6. The number of Topliss-reactive ketones (excluding diaryl/α,β-unsaturated/α-hetero) is 1. The minimum atomic E-state index is -0.594. The molecule has 196 valence electrons. The van der Waals surface area contributed by atoms with Crippen molar-refractivity contribution in [1.29, 1.82) is 0 Å².